The van der Waals surface area contributed by atoms with Gasteiger partial charge in [-0.3, -0.25) is 9.59 Å². The van der Waals surface area contributed by atoms with Crippen LogP contribution in [0, 0.1) is 11.3 Å². The van der Waals surface area contributed by atoms with E-state index in [1.54, 1.807) is 36.1 Å². The monoisotopic (exact) mass is 348 g/mol. The van der Waals surface area contributed by atoms with Crippen molar-refractivity contribution < 1.29 is 9.59 Å². The number of anilines is 3. The summed E-state index contributed by atoms with van der Waals surface area (Å²) in [5.41, 5.74) is 2.58. The maximum atomic E-state index is 12.4. The topological polar surface area (TPSA) is 85.2 Å². The first-order valence-corrected chi connectivity index (χ1v) is 8.55. The summed E-state index contributed by atoms with van der Waals surface area (Å²) in [6.07, 6.45) is 1.49. The predicted octanol–water partition coefficient (Wildman–Crippen LogP) is 3.12. The molecule has 1 aliphatic heterocycles. The maximum absolute atomic E-state index is 12.4. The molecule has 1 fully saturated rings. The molecular weight excluding hydrogens is 328 g/mol. The zero-order valence-electron chi connectivity index (χ0n) is 14.5. The molecule has 6 nitrogen and oxygen atoms in total. The number of benzene rings is 2. The van der Waals surface area contributed by atoms with Gasteiger partial charge in [0.2, 0.25) is 11.8 Å². The molecule has 1 atom stereocenters. The fraction of sp³-hybridized carbons (Fsp3) is 0.250. The Morgan fingerprint density at radius 1 is 1.19 bits per heavy atom. The Morgan fingerprint density at radius 2 is 1.92 bits per heavy atom. The van der Waals surface area contributed by atoms with Gasteiger partial charge < -0.3 is 15.5 Å². The number of carbonyl (C=O) groups is 2. The van der Waals surface area contributed by atoms with E-state index in [2.05, 4.69) is 16.7 Å². The largest absolute Gasteiger partial charge is 0.374 e. The molecule has 1 aliphatic rings. The first-order valence-electron chi connectivity index (χ1n) is 8.55. The van der Waals surface area contributed by atoms with Gasteiger partial charge in [0.05, 0.1) is 11.3 Å². The van der Waals surface area contributed by atoms with Crippen LogP contribution in [0.1, 0.15) is 25.3 Å². The summed E-state index contributed by atoms with van der Waals surface area (Å²) in [5, 5.41) is 15.0. The van der Waals surface area contributed by atoms with Gasteiger partial charge in [-0.15, -0.1) is 0 Å². The molecule has 0 aliphatic carbocycles. The van der Waals surface area contributed by atoms with Gasteiger partial charge in [-0.1, -0.05) is 12.1 Å². The van der Waals surface area contributed by atoms with Gasteiger partial charge in [-0.05, 0) is 49.7 Å². The third kappa shape index (κ3) is 3.83. The number of hydrogen-bond donors (Lipinski definition) is 2. The number of nitriles is 1. The molecule has 3 rings (SSSR count). The first kappa shape index (κ1) is 17.5. The molecule has 0 aromatic heterocycles. The van der Waals surface area contributed by atoms with E-state index in [9.17, 15) is 9.59 Å². The van der Waals surface area contributed by atoms with Gasteiger partial charge in [0.1, 0.15) is 12.1 Å². The van der Waals surface area contributed by atoms with E-state index in [1.807, 2.05) is 24.3 Å². The molecule has 2 aromatic rings. The molecule has 2 aromatic carbocycles. The Balaban J connectivity index is 1.62. The fourth-order valence-corrected chi connectivity index (χ4v) is 2.90. The second-order valence-corrected chi connectivity index (χ2v) is 6.21. The minimum atomic E-state index is -0.485. The Morgan fingerprint density at radius 3 is 2.58 bits per heavy atom. The Hall–Kier alpha value is -3.33. The van der Waals surface area contributed by atoms with E-state index in [0.717, 1.165) is 24.3 Å². The Labute approximate surface area is 152 Å². The van der Waals surface area contributed by atoms with E-state index in [4.69, 9.17) is 5.26 Å². The highest BCUT2D eigenvalue weighted by molar-refractivity contribution is 5.97. The van der Waals surface area contributed by atoms with Crippen molar-refractivity contribution in [2.24, 2.45) is 0 Å². The van der Waals surface area contributed by atoms with Crippen LogP contribution in [-0.4, -0.2) is 24.4 Å². The van der Waals surface area contributed by atoms with Crippen molar-refractivity contribution in [1.82, 2.24) is 0 Å². The Kier molecular flexibility index (Phi) is 5.18. The summed E-state index contributed by atoms with van der Waals surface area (Å²) in [4.78, 5) is 25.9. The molecule has 1 saturated heterocycles. The standard InChI is InChI=1S/C20H20N4O2/c1-14(20(26)23-18-6-3-2-5-15(18)13-21)22-16-8-10-17(11-9-16)24-12-4-7-19(24)25/h2-3,5-6,8-11,14,22H,4,7,12H2,1H3,(H,23,26)/t14-/m1/s1. The molecule has 6 heteroatoms. The number of para-hydroxylation sites is 1. The van der Waals surface area contributed by atoms with Crippen molar-refractivity contribution in [3.05, 3.63) is 54.1 Å². The summed E-state index contributed by atoms with van der Waals surface area (Å²) in [5.74, 6) is -0.0823. The molecule has 0 spiro atoms. The van der Waals surface area contributed by atoms with Gasteiger partial charge in [0.15, 0.2) is 0 Å². The summed E-state index contributed by atoms with van der Waals surface area (Å²) in [6, 6.07) is 15.9. The van der Waals surface area contributed by atoms with Gasteiger partial charge in [-0.25, -0.2) is 0 Å². The summed E-state index contributed by atoms with van der Waals surface area (Å²) < 4.78 is 0. The van der Waals surface area contributed by atoms with Gasteiger partial charge >= 0.3 is 0 Å². The molecule has 2 amide bonds. The molecule has 0 radical (unpaired) electrons. The van der Waals surface area contributed by atoms with Crippen LogP contribution in [0.4, 0.5) is 17.1 Å². The molecule has 0 unspecified atom stereocenters. The van der Waals surface area contributed by atoms with E-state index in [1.165, 1.54) is 0 Å². The van der Waals surface area contributed by atoms with Gasteiger partial charge in [0.25, 0.3) is 0 Å². The number of carbonyl (C=O) groups excluding carboxylic acids is 2. The van der Waals surface area contributed by atoms with Crippen LogP contribution in [0.15, 0.2) is 48.5 Å². The lowest BCUT2D eigenvalue weighted by Gasteiger charge is -2.18. The van der Waals surface area contributed by atoms with Gasteiger partial charge in [-0.2, -0.15) is 5.26 Å². The lowest BCUT2D eigenvalue weighted by Crippen LogP contribution is -2.32. The van der Waals surface area contributed by atoms with Crippen LogP contribution in [0.25, 0.3) is 0 Å². The van der Waals surface area contributed by atoms with Crippen molar-refractivity contribution in [3.8, 4) is 6.07 Å². The zero-order valence-corrected chi connectivity index (χ0v) is 14.5. The van der Waals surface area contributed by atoms with Crippen molar-refractivity contribution in [2.75, 3.05) is 22.1 Å². The van der Waals surface area contributed by atoms with Crippen molar-refractivity contribution >= 4 is 28.9 Å². The van der Waals surface area contributed by atoms with Crippen molar-refractivity contribution in [1.29, 1.82) is 5.26 Å². The molecule has 0 bridgehead atoms. The highest BCUT2D eigenvalue weighted by atomic mass is 16.2. The summed E-state index contributed by atoms with van der Waals surface area (Å²) >= 11 is 0. The number of nitrogens with zero attached hydrogens (tertiary/aromatic N) is 2. The number of rotatable bonds is 5. The van der Waals surface area contributed by atoms with Crippen LogP contribution in [0.2, 0.25) is 0 Å². The average Bonchev–Trinajstić information content (AvgIpc) is 3.08. The zero-order chi connectivity index (χ0) is 18.5. The lowest BCUT2D eigenvalue weighted by molar-refractivity contribution is -0.117. The normalized spacial score (nSPS) is 14.6. The van der Waals surface area contributed by atoms with E-state index < -0.39 is 6.04 Å². The number of hydrogen-bond acceptors (Lipinski definition) is 4. The lowest BCUT2D eigenvalue weighted by atomic mass is 10.2. The highest BCUT2D eigenvalue weighted by Gasteiger charge is 2.21. The highest BCUT2D eigenvalue weighted by Crippen LogP contribution is 2.23. The SMILES string of the molecule is C[C@@H](Nc1ccc(N2CCCC2=O)cc1)C(=O)Nc1ccccc1C#N. The first-order chi connectivity index (χ1) is 12.6. The number of nitrogens with one attached hydrogen (secondary N) is 2. The number of amides is 2. The maximum Gasteiger partial charge on any atom is 0.246 e. The van der Waals surface area contributed by atoms with E-state index >= 15 is 0 Å². The van der Waals surface area contributed by atoms with Crippen LogP contribution < -0.4 is 15.5 Å². The van der Waals surface area contributed by atoms with Crippen LogP contribution in [0.5, 0.6) is 0 Å². The second-order valence-electron chi connectivity index (χ2n) is 6.21. The molecule has 0 saturated carbocycles. The fourth-order valence-electron chi connectivity index (χ4n) is 2.90. The van der Waals surface area contributed by atoms with E-state index in [0.29, 0.717) is 17.7 Å². The summed E-state index contributed by atoms with van der Waals surface area (Å²) in [7, 11) is 0. The Bertz CT molecular complexity index is 855. The molecule has 2 N–H and O–H groups in total. The van der Waals surface area contributed by atoms with Crippen LogP contribution in [0.3, 0.4) is 0 Å². The van der Waals surface area contributed by atoms with Gasteiger partial charge in [0, 0.05) is 24.3 Å². The third-order valence-electron chi connectivity index (χ3n) is 4.33. The summed E-state index contributed by atoms with van der Waals surface area (Å²) in [6.45, 7) is 2.50. The molecule has 26 heavy (non-hydrogen) atoms. The molecule has 1 heterocycles. The minimum Gasteiger partial charge on any atom is -0.374 e. The minimum absolute atomic E-state index is 0.148. The second kappa shape index (κ2) is 7.70. The van der Waals surface area contributed by atoms with Crippen molar-refractivity contribution in [3.63, 3.8) is 0 Å². The van der Waals surface area contributed by atoms with E-state index in [-0.39, 0.29) is 11.8 Å². The third-order valence-corrected chi connectivity index (χ3v) is 4.33. The van der Waals surface area contributed by atoms with Crippen LogP contribution in [-0.2, 0) is 9.59 Å². The molecular formula is C20H20N4O2. The predicted molar refractivity (Wildman–Crippen MR) is 101 cm³/mol. The smallest absolute Gasteiger partial charge is 0.246 e. The van der Waals surface area contributed by atoms with Crippen LogP contribution >= 0.6 is 0 Å². The average molecular weight is 348 g/mol. The quantitative estimate of drug-likeness (QED) is 0.869. The molecule has 132 valence electrons. The van der Waals surface area contributed by atoms with Crippen molar-refractivity contribution in [2.45, 2.75) is 25.8 Å².